The molecule has 1 unspecified atom stereocenters. The Morgan fingerprint density at radius 1 is 0.842 bits per heavy atom. The van der Waals surface area contributed by atoms with Crippen molar-refractivity contribution < 1.29 is 33.6 Å². The molecule has 1 N–H and O–H groups in total. The number of fused-ring (bicyclic) bond motifs is 1. The summed E-state index contributed by atoms with van der Waals surface area (Å²) in [6, 6.07) is 16.0. The molecule has 0 spiro atoms. The average molecular weight is 533 g/mol. The average Bonchev–Trinajstić information content (AvgIpc) is 3.49. The molecule has 1 aliphatic rings. The third-order valence-corrected chi connectivity index (χ3v) is 7.35. The fourth-order valence-electron chi connectivity index (χ4n) is 4.40. The van der Waals surface area contributed by atoms with E-state index in [9.17, 15) is 14.7 Å². The Labute approximate surface area is 222 Å². The van der Waals surface area contributed by atoms with E-state index in [0.717, 1.165) is 4.70 Å². The molecule has 1 amide bonds. The number of ether oxygens (including phenoxy) is 4. The second kappa shape index (κ2) is 10.1. The molecule has 194 valence electrons. The van der Waals surface area contributed by atoms with Crippen LogP contribution in [0.4, 0.5) is 5.13 Å². The standard InChI is InChI=1S/C28H24N2O7S/c1-34-16-7-5-15(6-8-16)25(31)23-24(19-13-17(35-2)10-12-21(19)37-4)30(27(33)26(23)32)28-29-20-11-9-18(36-3)14-22(20)38-28/h5-14,24,31H,1-4H3. The van der Waals surface area contributed by atoms with Gasteiger partial charge in [-0.3, -0.25) is 14.5 Å². The molecule has 5 rings (SSSR count). The topological polar surface area (TPSA) is 107 Å². The summed E-state index contributed by atoms with van der Waals surface area (Å²) in [6.07, 6.45) is 0. The van der Waals surface area contributed by atoms with Gasteiger partial charge in [0, 0.05) is 11.1 Å². The van der Waals surface area contributed by atoms with Gasteiger partial charge < -0.3 is 24.1 Å². The normalized spacial score (nSPS) is 16.6. The monoisotopic (exact) mass is 532 g/mol. The summed E-state index contributed by atoms with van der Waals surface area (Å²) in [5.74, 6) is 0.131. The summed E-state index contributed by atoms with van der Waals surface area (Å²) in [5.41, 5.74) is 1.35. The quantitative estimate of drug-likeness (QED) is 0.202. The Morgan fingerprint density at radius 2 is 1.47 bits per heavy atom. The minimum absolute atomic E-state index is 0.0939. The molecule has 1 atom stereocenters. The number of aliphatic hydroxyl groups is 1. The van der Waals surface area contributed by atoms with Crippen molar-refractivity contribution in [3.8, 4) is 23.0 Å². The second-order valence-corrected chi connectivity index (χ2v) is 9.34. The number of aromatic nitrogens is 1. The lowest BCUT2D eigenvalue weighted by Gasteiger charge is -2.25. The first-order valence-corrected chi connectivity index (χ1v) is 12.3. The van der Waals surface area contributed by atoms with E-state index in [-0.39, 0.29) is 11.3 Å². The molecule has 9 nitrogen and oxygen atoms in total. The van der Waals surface area contributed by atoms with Gasteiger partial charge in [0.2, 0.25) is 0 Å². The molecule has 1 fully saturated rings. The van der Waals surface area contributed by atoms with Crippen LogP contribution >= 0.6 is 11.3 Å². The molecule has 4 aromatic rings. The number of rotatable bonds is 7. The zero-order valence-corrected chi connectivity index (χ0v) is 21.9. The molecule has 38 heavy (non-hydrogen) atoms. The van der Waals surface area contributed by atoms with Crippen molar-refractivity contribution >= 4 is 44.1 Å². The van der Waals surface area contributed by atoms with E-state index in [2.05, 4.69) is 4.98 Å². The summed E-state index contributed by atoms with van der Waals surface area (Å²) in [4.78, 5) is 33.0. The molecular formula is C28H24N2O7S. The minimum atomic E-state index is -1.04. The van der Waals surface area contributed by atoms with Crippen LogP contribution in [0.15, 0.2) is 66.2 Å². The van der Waals surface area contributed by atoms with E-state index in [4.69, 9.17) is 18.9 Å². The SMILES string of the molecule is COc1ccc(C(O)=C2C(=O)C(=O)N(c3nc4ccc(OC)cc4s3)C2c2cc(OC)ccc2OC)cc1. The molecule has 1 aromatic heterocycles. The van der Waals surface area contributed by atoms with E-state index in [0.29, 0.717) is 44.8 Å². The lowest BCUT2D eigenvalue weighted by molar-refractivity contribution is -0.132. The number of carbonyl (C=O) groups excluding carboxylic acids is 2. The highest BCUT2D eigenvalue weighted by molar-refractivity contribution is 7.22. The van der Waals surface area contributed by atoms with Crippen molar-refractivity contribution in [3.63, 3.8) is 0 Å². The Balaban J connectivity index is 1.76. The maximum absolute atomic E-state index is 13.6. The molecule has 0 radical (unpaired) electrons. The van der Waals surface area contributed by atoms with E-state index in [1.807, 2.05) is 6.07 Å². The fraction of sp³-hybridized carbons (Fsp3) is 0.179. The minimum Gasteiger partial charge on any atom is -0.507 e. The Kier molecular flexibility index (Phi) is 6.64. The highest BCUT2D eigenvalue weighted by atomic mass is 32.1. The van der Waals surface area contributed by atoms with Crippen LogP contribution in [0.5, 0.6) is 23.0 Å². The highest BCUT2D eigenvalue weighted by Crippen LogP contribution is 2.47. The van der Waals surface area contributed by atoms with Gasteiger partial charge in [-0.1, -0.05) is 11.3 Å². The van der Waals surface area contributed by atoms with E-state index in [1.54, 1.807) is 61.7 Å². The Hall–Kier alpha value is -4.57. The van der Waals surface area contributed by atoms with E-state index < -0.39 is 17.7 Å². The molecule has 1 aliphatic heterocycles. The van der Waals surface area contributed by atoms with Crippen molar-refractivity contribution in [2.45, 2.75) is 6.04 Å². The molecule has 10 heteroatoms. The smallest absolute Gasteiger partial charge is 0.301 e. The summed E-state index contributed by atoms with van der Waals surface area (Å²) in [7, 11) is 6.10. The molecule has 0 bridgehead atoms. The maximum atomic E-state index is 13.6. The van der Waals surface area contributed by atoms with Gasteiger partial charge in [-0.05, 0) is 60.7 Å². The largest absolute Gasteiger partial charge is 0.507 e. The van der Waals surface area contributed by atoms with Crippen LogP contribution in [-0.2, 0) is 9.59 Å². The maximum Gasteiger partial charge on any atom is 0.301 e. The Morgan fingerprint density at radius 3 is 2.13 bits per heavy atom. The summed E-state index contributed by atoms with van der Waals surface area (Å²) in [6.45, 7) is 0. The second-order valence-electron chi connectivity index (χ2n) is 8.34. The van der Waals surface area contributed by atoms with Crippen molar-refractivity contribution in [2.24, 2.45) is 0 Å². The van der Waals surface area contributed by atoms with Gasteiger partial charge in [-0.25, -0.2) is 4.98 Å². The number of carbonyl (C=O) groups is 2. The number of hydrogen-bond donors (Lipinski definition) is 1. The van der Waals surface area contributed by atoms with Crippen LogP contribution in [0, 0.1) is 0 Å². The van der Waals surface area contributed by atoms with Crippen LogP contribution in [0.2, 0.25) is 0 Å². The zero-order valence-electron chi connectivity index (χ0n) is 21.1. The van der Waals surface area contributed by atoms with Crippen molar-refractivity contribution in [1.29, 1.82) is 0 Å². The number of thiazole rings is 1. The highest BCUT2D eigenvalue weighted by Gasteiger charge is 2.49. The fourth-order valence-corrected chi connectivity index (χ4v) is 5.43. The lowest BCUT2D eigenvalue weighted by Crippen LogP contribution is -2.29. The number of methoxy groups -OCH3 is 4. The number of benzene rings is 3. The van der Waals surface area contributed by atoms with Gasteiger partial charge in [-0.15, -0.1) is 0 Å². The lowest BCUT2D eigenvalue weighted by atomic mass is 9.94. The first-order chi connectivity index (χ1) is 18.4. The number of ketones is 1. The van der Waals surface area contributed by atoms with Gasteiger partial charge in [0.1, 0.15) is 34.8 Å². The number of hydrogen-bond acceptors (Lipinski definition) is 9. The Bertz CT molecular complexity index is 1580. The summed E-state index contributed by atoms with van der Waals surface area (Å²) in [5, 5.41) is 11.7. The first kappa shape index (κ1) is 25.1. The molecule has 2 heterocycles. The molecule has 0 saturated carbocycles. The summed E-state index contributed by atoms with van der Waals surface area (Å²) >= 11 is 1.24. The van der Waals surface area contributed by atoms with Gasteiger partial charge in [0.05, 0.1) is 44.2 Å². The number of aliphatic hydroxyl groups excluding tert-OH is 1. The van der Waals surface area contributed by atoms with Crippen LogP contribution < -0.4 is 23.8 Å². The van der Waals surface area contributed by atoms with Crippen molar-refractivity contribution in [1.82, 2.24) is 4.98 Å². The molecule has 1 saturated heterocycles. The number of anilines is 1. The molecular weight excluding hydrogens is 508 g/mol. The van der Waals surface area contributed by atoms with Gasteiger partial charge in [-0.2, -0.15) is 0 Å². The van der Waals surface area contributed by atoms with Crippen molar-refractivity contribution in [3.05, 3.63) is 77.4 Å². The molecule has 3 aromatic carbocycles. The van der Waals surface area contributed by atoms with Crippen LogP contribution in [0.3, 0.4) is 0 Å². The third-order valence-electron chi connectivity index (χ3n) is 6.33. The molecule has 0 aliphatic carbocycles. The predicted octanol–water partition coefficient (Wildman–Crippen LogP) is 4.96. The van der Waals surface area contributed by atoms with Crippen LogP contribution in [0.25, 0.3) is 16.0 Å². The van der Waals surface area contributed by atoms with E-state index in [1.165, 1.54) is 37.6 Å². The van der Waals surface area contributed by atoms with Crippen molar-refractivity contribution in [2.75, 3.05) is 33.3 Å². The van der Waals surface area contributed by atoms with Gasteiger partial charge >= 0.3 is 5.91 Å². The zero-order chi connectivity index (χ0) is 27.0. The summed E-state index contributed by atoms with van der Waals surface area (Å²) < 4.78 is 22.3. The first-order valence-electron chi connectivity index (χ1n) is 11.5. The number of nitrogens with zero attached hydrogens (tertiary/aromatic N) is 2. The number of Topliss-reactive ketones (excluding diaryl/α,β-unsaturated/α-hetero) is 1. The van der Waals surface area contributed by atoms with Crippen LogP contribution in [0.1, 0.15) is 17.2 Å². The van der Waals surface area contributed by atoms with Gasteiger partial charge in [0.25, 0.3) is 5.78 Å². The van der Waals surface area contributed by atoms with Gasteiger partial charge in [0.15, 0.2) is 5.13 Å². The van der Waals surface area contributed by atoms with Crippen LogP contribution in [-0.4, -0.2) is 50.2 Å². The predicted molar refractivity (Wildman–Crippen MR) is 143 cm³/mol. The van der Waals surface area contributed by atoms with E-state index >= 15 is 0 Å². The number of amides is 1. The third kappa shape index (κ3) is 4.18.